The van der Waals surface area contributed by atoms with Gasteiger partial charge in [0.1, 0.15) is 4.99 Å². The monoisotopic (exact) mass is 318 g/mol. The number of rotatable bonds is 3. The molecule has 0 aromatic heterocycles. The van der Waals surface area contributed by atoms with Crippen LogP contribution < -0.4 is 5.73 Å². The lowest BCUT2D eigenvalue weighted by Crippen LogP contribution is -2.41. The van der Waals surface area contributed by atoms with Gasteiger partial charge in [0.2, 0.25) is 10.0 Å². The first-order valence-corrected chi connectivity index (χ1v) is 9.00. The maximum atomic E-state index is 12.4. The number of hydrogen-bond acceptors (Lipinski definition) is 4. The molecule has 1 aromatic rings. The molecule has 1 fully saturated rings. The van der Waals surface area contributed by atoms with Crippen molar-refractivity contribution in [2.24, 2.45) is 5.73 Å². The van der Waals surface area contributed by atoms with Gasteiger partial charge in [0.25, 0.3) is 0 Å². The highest BCUT2D eigenvalue weighted by atomic mass is 32.2. The third-order valence-corrected chi connectivity index (χ3v) is 6.30. The molecule has 19 heavy (non-hydrogen) atoms. The van der Waals surface area contributed by atoms with Gasteiger partial charge in [-0.25, -0.2) is 8.42 Å². The van der Waals surface area contributed by atoms with E-state index >= 15 is 0 Å². The first-order chi connectivity index (χ1) is 8.91. The minimum Gasteiger partial charge on any atom is -0.389 e. The van der Waals surface area contributed by atoms with Crippen LogP contribution in [0.5, 0.6) is 0 Å². The van der Waals surface area contributed by atoms with E-state index in [-0.39, 0.29) is 23.0 Å². The summed E-state index contributed by atoms with van der Waals surface area (Å²) in [7, 11) is -4.47. The average Bonchev–Trinajstić information content (AvgIpc) is 2.39. The molecule has 5 nitrogen and oxygen atoms in total. The van der Waals surface area contributed by atoms with Crippen LogP contribution in [0.3, 0.4) is 0 Å². The zero-order chi connectivity index (χ0) is 14.0. The number of hydrogen-bond donors (Lipinski definition) is 1. The molecule has 1 aliphatic heterocycles. The lowest BCUT2D eigenvalue weighted by atomic mass is 10.2. The predicted octanol–water partition coefficient (Wildman–Crippen LogP) is 0.0738. The molecule has 104 valence electrons. The highest BCUT2D eigenvalue weighted by Gasteiger charge is 2.28. The van der Waals surface area contributed by atoms with E-state index in [1.54, 1.807) is 12.1 Å². The third-order valence-electron chi connectivity index (χ3n) is 2.89. The van der Waals surface area contributed by atoms with Crippen molar-refractivity contribution in [2.75, 3.05) is 24.6 Å². The summed E-state index contributed by atoms with van der Waals surface area (Å²) in [6.07, 6.45) is 0. The molecule has 8 heteroatoms. The maximum Gasteiger partial charge on any atom is 0.243 e. The Balaban J connectivity index is 2.31. The van der Waals surface area contributed by atoms with Crippen molar-refractivity contribution in [3.63, 3.8) is 0 Å². The Morgan fingerprint density at radius 1 is 1.32 bits per heavy atom. The van der Waals surface area contributed by atoms with E-state index in [1.807, 2.05) is 0 Å². The fourth-order valence-electron chi connectivity index (χ4n) is 1.82. The van der Waals surface area contributed by atoms with Crippen LogP contribution in [0, 0.1) is 0 Å². The van der Waals surface area contributed by atoms with Crippen LogP contribution in [0.1, 0.15) is 5.56 Å². The fourth-order valence-corrected chi connectivity index (χ4v) is 4.72. The van der Waals surface area contributed by atoms with Crippen molar-refractivity contribution in [3.8, 4) is 0 Å². The first kappa shape index (κ1) is 14.6. The molecule has 2 N–H and O–H groups in total. The quantitative estimate of drug-likeness (QED) is 0.798. The minimum absolute atomic E-state index is 0.164. The van der Waals surface area contributed by atoms with Crippen LogP contribution in [0.2, 0.25) is 0 Å². The van der Waals surface area contributed by atoms with Gasteiger partial charge in [-0.15, -0.1) is 0 Å². The molecule has 2 rings (SSSR count). The minimum atomic E-state index is -3.56. The topological polar surface area (TPSA) is 80.5 Å². The van der Waals surface area contributed by atoms with Gasteiger partial charge in [-0.1, -0.05) is 24.4 Å². The molecule has 0 amide bonds. The van der Waals surface area contributed by atoms with Gasteiger partial charge >= 0.3 is 0 Å². The van der Waals surface area contributed by atoms with E-state index < -0.39 is 20.8 Å². The molecular formula is C11H14N2O3S3. The zero-order valence-electron chi connectivity index (χ0n) is 10.1. The number of benzene rings is 1. The van der Waals surface area contributed by atoms with Gasteiger partial charge in [-0.05, 0) is 12.1 Å². The summed E-state index contributed by atoms with van der Waals surface area (Å²) in [6, 6.07) is 6.28. The van der Waals surface area contributed by atoms with E-state index in [2.05, 4.69) is 0 Å². The van der Waals surface area contributed by atoms with Gasteiger partial charge in [-0.2, -0.15) is 4.31 Å². The van der Waals surface area contributed by atoms with E-state index in [0.717, 1.165) is 0 Å². The van der Waals surface area contributed by atoms with Crippen LogP contribution in [-0.4, -0.2) is 46.5 Å². The molecule has 1 aromatic carbocycles. The molecular weight excluding hydrogens is 304 g/mol. The van der Waals surface area contributed by atoms with E-state index in [0.29, 0.717) is 17.1 Å². The molecule has 1 aliphatic rings. The van der Waals surface area contributed by atoms with Gasteiger partial charge in [0, 0.05) is 41.0 Å². The van der Waals surface area contributed by atoms with Crippen molar-refractivity contribution in [1.82, 2.24) is 4.31 Å². The predicted molar refractivity (Wildman–Crippen MR) is 79.0 cm³/mol. The Bertz CT molecular complexity index is 618. The van der Waals surface area contributed by atoms with Crippen molar-refractivity contribution in [3.05, 3.63) is 29.8 Å². The molecule has 0 unspecified atom stereocenters. The molecule has 0 radical (unpaired) electrons. The summed E-state index contributed by atoms with van der Waals surface area (Å²) >= 11 is 4.85. The van der Waals surface area contributed by atoms with Crippen molar-refractivity contribution < 1.29 is 12.6 Å². The van der Waals surface area contributed by atoms with E-state index in [9.17, 15) is 12.6 Å². The second-order valence-corrected chi connectivity index (χ2v) is 8.22. The maximum absolute atomic E-state index is 12.4. The summed E-state index contributed by atoms with van der Waals surface area (Å²) in [6.45, 7) is 0.568. The molecule has 1 heterocycles. The van der Waals surface area contributed by atoms with Crippen LogP contribution in [0.25, 0.3) is 0 Å². The summed E-state index contributed by atoms with van der Waals surface area (Å²) in [5.74, 6) is 0.766. The second kappa shape index (κ2) is 5.66. The van der Waals surface area contributed by atoms with Gasteiger partial charge in [-0.3, -0.25) is 4.21 Å². The molecule has 0 aliphatic carbocycles. The smallest absolute Gasteiger partial charge is 0.243 e. The highest BCUT2D eigenvalue weighted by molar-refractivity contribution is 7.89. The van der Waals surface area contributed by atoms with Gasteiger partial charge in [0.05, 0.1) is 4.90 Å². The molecule has 1 saturated heterocycles. The van der Waals surface area contributed by atoms with Crippen LogP contribution in [0.15, 0.2) is 29.2 Å². The summed E-state index contributed by atoms with van der Waals surface area (Å²) < 4.78 is 37.4. The second-order valence-electron chi connectivity index (χ2n) is 4.14. The number of nitrogens with two attached hydrogens (primary N) is 1. The van der Waals surface area contributed by atoms with Crippen LogP contribution >= 0.6 is 12.2 Å². The van der Waals surface area contributed by atoms with Gasteiger partial charge in [0.15, 0.2) is 0 Å². The normalized spacial score (nSPS) is 18.3. The number of sulfonamides is 1. The molecule has 0 spiro atoms. The average molecular weight is 318 g/mol. The Morgan fingerprint density at radius 2 is 1.95 bits per heavy atom. The SMILES string of the molecule is NC(=S)c1cccc(S(=O)(=O)N2CCS(=O)CC2)c1. The lowest BCUT2D eigenvalue weighted by molar-refractivity contribution is 0.438. The number of thiocarbonyl (C=S) groups is 1. The van der Waals surface area contributed by atoms with Crippen molar-refractivity contribution in [1.29, 1.82) is 0 Å². The Hall–Kier alpha value is -0.830. The third kappa shape index (κ3) is 3.19. The van der Waals surface area contributed by atoms with E-state index in [1.165, 1.54) is 16.4 Å². The standard InChI is InChI=1S/C11H14N2O3S3/c12-11(17)9-2-1-3-10(8-9)19(15,16)13-4-6-18(14)7-5-13/h1-3,8H,4-7H2,(H2,12,17). The Morgan fingerprint density at radius 3 is 2.53 bits per heavy atom. The van der Waals surface area contributed by atoms with Gasteiger partial charge < -0.3 is 5.73 Å². The lowest BCUT2D eigenvalue weighted by Gasteiger charge is -2.25. The summed E-state index contributed by atoms with van der Waals surface area (Å²) in [5, 5.41) is 0. The zero-order valence-corrected chi connectivity index (χ0v) is 12.6. The van der Waals surface area contributed by atoms with E-state index in [4.69, 9.17) is 18.0 Å². The van der Waals surface area contributed by atoms with Crippen LogP contribution in [0.4, 0.5) is 0 Å². The van der Waals surface area contributed by atoms with Crippen LogP contribution in [-0.2, 0) is 20.8 Å². The fraction of sp³-hybridized carbons (Fsp3) is 0.364. The molecule has 0 atom stereocenters. The summed E-state index contributed by atoms with van der Waals surface area (Å²) in [5.41, 5.74) is 6.03. The molecule has 0 saturated carbocycles. The largest absolute Gasteiger partial charge is 0.389 e. The van der Waals surface area contributed by atoms with Crippen molar-refractivity contribution in [2.45, 2.75) is 4.90 Å². The van der Waals surface area contributed by atoms with Crippen molar-refractivity contribution >= 4 is 38.0 Å². The molecule has 0 bridgehead atoms. The Kier molecular flexibility index (Phi) is 4.34. The Labute approximate surface area is 120 Å². The highest BCUT2D eigenvalue weighted by Crippen LogP contribution is 2.18. The number of nitrogens with zero attached hydrogens (tertiary/aromatic N) is 1. The first-order valence-electron chi connectivity index (χ1n) is 5.66. The summed E-state index contributed by atoms with van der Waals surface area (Å²) in [4.78, 5) is 0.335.